The minimum atomic E-state index is -2.76. The normalized spacial score (nSPS) is 10.6. The van der Waals surface area contributed by atoms with E-state index in [-0.39, 0.29) is 21.7 Å². The van der Waals surface area contributed by atoms with E-state index in [1.807, 2.05) is 18.2 Å². The molecule has 0 atom stereocenters. The molecule has 2 N–H and O–H groups in total. The molecule has 0 aliphatic heterocycles. The highest BCUT2D eigenvalue weighted by molar-refractivity contribution is 7.72. The van der Waals surface area contributed by atoms with Gasteiger partial charge in [-0.15, -0.1) is 0 Å². The fourth-order valence-electron chi connectivity index (χ4n) is 2.25. The van der Waals surface area contributed by atoms with Gasteiger partial charge in [-0.25, -0.2) is 13.4 Å². The van der Waals surface area contributed by atoms with Crippen LogP contribution >= 0.6 is 11.6 Å². The molecule has 2 aromatic carbocycles. The third-order valence-corrected chi connectivity index (χ3v) is 4.51. The van der Waals surface area contributed by atoms with Crippen LogP contribution in [0.5, 0.6) is 5.75 Å². The summed E-state index contributed by atoms with van der Waals surface area (Å²) in [6.45, 7) is 0. The number of para-hydroxylation sites is 3. The highest BCUT2D eigenvalue weighted by atomic mass is 35.5. The smallest absolute Gasteiger partial charge is 0.229 e. The predicted octanol–water partition coefficient (Wildman–Crippen LogP) is 3.60. The number of ether oxygens (including phenoxy) is 1. The molecule has 1 heterocycles. The summed E-state index contributed by atoms with van der Waals surface area (Å²) >= 11 is 6.15. The van der Waals surface area contributed by atoms with Gasteiger partial charge in [-0.2, -0.15) is 4.98 Å². The molecular formula is C17H15ClN4O3S. The number of thiol groups is 1. The van der Waals surface area contributed by atoms with Crippen molar-refractivity contribution in [1.29, 1.82) is 0 Å². The van der Waals surface area contributed by atoms with Crippen molar-refractivity contribution in [2.45, 2.75) is 4.90 Å². The summed E-state index contributed by atoms with van der Waals surface area (Å²) in [6, 6.07) is 13.8. The Morgan fingerprint density at radius 3 is 2.42 bits per heavy atom. The number of nitrogens with zero attached hydrogens (tertiary/aromatic N) is 2. The van der Waals surface area contributed by atoms with Gasteiger partial charge in [-0.1, -0.05) is 35.9 Å². The number of nitrogens with one attached hydrogen (secondary N) is 2. The van der Waals surface area contributed by atoms with Crippen LogP contribution in [0.3, 0.4) is 0 Å². The lowest BCUT2D eigenvalue weighted by atomic mass is 10.3. The Bertz CT molecular complexity index is 1000. The van der Waals surface area contributed by atoms with Gasteiger partial charge in [0.1, 0.15) is 10.8 Å². The number of rotatable bonds is 6. The van der Waals surface area contributed by atoms with Crippen molar-refractivity contribution < 1.29 is 13.2 Å². The molecule has 0 aliphatic carbocycles. The van der Waals surface area contributed by atoms with E-state index in [9.17, 15) is 8.42 Å². The highest BCUT2D eigenvalue weighted by Gasteiger charge is 2.11. The van der Waals surface area contributed by atoms with Crippen molar-refractivity contribution in [3.8, 4) is 5.75 Å². The van der Waals surface area contributed by atoms with Crippen molar-refractivity contribution in [2.24, 2.45) is 0 Å². The van der Waals surface area contributed by atoms with Crippen LogP contribution < -0.4 is 15.4 Å². The molecule has 9 heteroatoms. The Morgan fingerprint density at radius 2 is 1.69 bits per heavy atom. The van der Waals surface area contributed by atoms with Crippen LogP contribution in [-0.4, -0.2) is 25.5 Å². The van der Waals surface area contributed by atoms with Gasteiger partial charge in [0.15, 0.2) is 16.5 Å². The summed E-state index contributed by atoms with van der Waals surface area (Å²) < 4.78 is 28.0. The van der Waals surface area contributed by atoms with Gasteiger partial charge in [-0.3, -0.25) is 0 Å². The quantitative estimate of drug-likeness (QED) is 0.554. The van der Waals surface area contributed by atoms with Crippen molar-refractivity contribution >= 4 is 45.4 Å². The maximum Gasteiger partial charge on any atom is 0.229 e. The Labute approximate surface area is 157 Å². The van der Waals surface area contributed by atoms with Crippen LogP contribution in [0.2, 0.25) is 5.02 Å². The molecular weight excluding hydrogens is 376 g/mol. The van der Waals surface area contributed by atoms with E-state index >= 15 is 0 Å². The molecule has 0 amide bonds. The lowest BCUT2D eigenvalue weighted by Crippen LogP contribution is -2.03. The van der Waals surface area contributed by atoms with Crippen LogP contribution in [0, 0.1) is 0 Å². The summed E-state index contributed by atoms with van der Waals surface area (Å²) in [6.07, 6.45) is 1.43. The fraction of sp³-hybridized carbons (Fsp3) is 0.0588. The number of methoxy groups -OCH3 is 1. The van der Waals surface area contributed by atoms with Gasteiger partial charge in [0.25, 0.3) is 0 Å². The van der Waals surface area contributed by atoms with E-state index < -0.39 is 10.7 Å². The van der Waals surface area contributed by atoms with Crippen molar-refractivity contribution in [2.75, 3.05) is 17.7 Å². The second kappa shape index (κ2) is 8.03. The zero-order chi connectivity index (χ0) is 18.5. The standard InChI is InChI=1S/C17H15ClN4O3S/c1-25-14-8-4-2-6-12(14)21-17-19-10-11(18)16(22-17)20-13-7-3-5-9-15(13)26(23)24/h2-10,26H,1H3,(H2,19,20,21,22). The first-order chi connectivity index (χ1) is 12.6. The van der Waals surface area contributed by atoms with Gasteiger partial charge in [0.05, 0.1) is 29.6 Å². The fourth-order valence-corrected chi connectivity index (χ4v) is 2.92. The Kier molecular flexibility index (Phi) is 5.55. The zero-order valence-corrected chi connectivity index (χ0v) is 15.3. The van der Waals surface area contributed by atoms with E-state index in [1.54, 1.807) is 31.4 Å². The SMILES string of the molecule is COc1ccccc1Nc1ncc(Cl)c(Nc2ccccc2[SH](=O)=O)n1. The summed E-state index contributed by atoms with van der Waals surface area (Å²) in [7, 11) is -1.19. The van der Waals surface area contributed by atoms with Gasteiger partial charge >= 0.3 is 0 Å². The topological polar surface area (TPSA) is 93.2 Å². The lowest BCUT2D eigenvalue weighted by molar-refractivity contribution is 0.417. The van der Waals surface area contributed by atoms with Gasteiger partial charge < -0.3 is 15.4 Å². The first kappa shape index (κ1) is 18.0. The molecule has 0 aliphatic rings. The van der Waals surface area contributed by atoms with E-state index in [0.717, 1.165) is 0 Å². The maximum atomic E-state index is 11.4. The molecule has 26 heavy (non-hydrogen) atoms. The van der Waals surface area contributed by atoms with Crippen molar-refractivity contribution in [3.05, 3.63) is 59.8 Å². The Balaban J connectivity index is 1.91. The van der Waals surface area contributed by atoms with Gasteiger partial charge in [0, 0.05) is 0 Å². The molecule has 0 radical (unpaired) electrons. The number of anilines is 4. The average Bonchev–Trinajstić information content (AvgIpc) is 2.65. The highest BCUT2D eigenvalue weighted by Crippen LogP contribution is 2.29. The maximum absolute atomic E-state index is 11.4. The average molecular weight is 391 g/mol. The van der Waals surface area contributed by atoms with E-state index in [2.05, 4.69) is 20.6 Å². The number of aromatic nitrogens is 2. The molecule has 3 aromatic rings. The minimum Gasteiger partial charge on any atom is -0.495 e. The molecule has 7 nitrogen and oxygen atoms in total. The summed E-state index contributed by atoms with van der Waals surface area (Å²) in [5.74, 6) is 1.20. The number of benzene rings is 2. The van der Waals surface area contributed by atoms with Gasteiger partial charge in [-0.05, 0) is 24.3 Å². The summed E-state index contributed by atoms with van der Waals surface area (Å²) in [5, 5.41) is 6.24. The molecule has 3 rings (SSSR count). The molecule has 0 bridgehead atoms. The number of halogens is 1. The van der Waals surface area contributed by atoms with E-state index in [4.69, 9.17) is 16.3 Å². The first-order valence-corrected chi connectivity index (χ1v) is 9.07. The second-order valence-corrected chi connectivity index (χ2v) is 6.52. The third kappa shape index (κ3) is 4.04. The van der Waals surface area contributed by atoms with Crippen molar-refractivity contribution in [1.82, 2.24) is 9.97 Å². The molecule has 134 valence electrons. The molecule has 0 fully saturated rings. The van der Waals surface area contributed by atoms with Crippen LogP contribution in [0.15, 0.2) is 59.6 Å². The molecule has 0 saturated heterocycles. The number of hydrogen-bond acceptors (Lipinski definition) is 7. The summed E-state index contributed by atoms with van der Waals surface area (Å²) in [4.78, 5) is 8.61. The van der Waals surface area contributed by atoms with Crippen LogP contribution in [0.25, 0.3) is 0 Å². The zero-order valence-electron chi connectivity index (χ0n) is 13.6. The monoisotopic (exact) mass is 390 g/mol. The van der Waals surface area contributed by atoms with Crippen molar-refractivity contribution in [3.63, 3.8) is 0 Å². The lowest BCUT2D eigenvalue weighted by Gasteiger charge is -2.12. The van der Waals surface area contributed by atoms with E-state index in [1.165, 1.54) is 12.3 Å². The second-order valence-electron chi connectivity index (χ2n) is 5.11. The predicted molar refractivity (Wildman–Crippen MR) is 102 cm³/mol. The molecule has 1 aromatic heterocycles. The molecule has 0 spiro atoms. The minimum absolute atomic E-state index is 0.149. The molecule has 0 unspecified atom stereocenters. The largest absolute Gasteiger partial charge is 0.495 e. The van der Waals surface area contributed by atoms with Crippen LogP contribution in [0.4, 0.5) is 23.1 Å². The Hall–Kier alpha value is -2.84. The van der Waals surface area contributed by atoms with E-state index in [0.29, 0.717) is 17.1 Å². The number of hydrogen-bond donors (Lipinski definition) is 3. The first-order valence-electron chi connectivity index (χ1n) is 7.51. The van der Waals surface area contributed by atoms with Crippen LogP contribution in [-0.2, 0) is 10.7 Å². The third-order valence-electron chi connectivity index (χ3n) is 3.45. The Morgan fingerprint density at radius 1 is 1.00 bits per heavy atom. The van der Waals surface area contributed by atoms with Gasteiger partial charge in [0.2, 0.25) is 5.95 Å². The van der Waals surface area contributed by atoms with Crippen LogP contribution in [0.1, 0.15) is 0 Å². The summed E-state index contributed by atoms with van der Waals surface area (Å²) in [5.41, 5.74) is 1.07. The molecule has 0 saturated carbocycles.